The summed E-state index contributed by atoms with van der Waals surface area (Å²) in [6, 6.07) is 7.64. The topological polar surface area (TPSA) is 67.4 Å². The van der Waals surface area contributed by atoms with E-state index in [0.29, 0.717) is 6.54 Å². The van der Waals surface area contributed by atoms with Crippen molar-refractivity contribution in [3.05, 3.63) is 24.3 Å². The van der Waals surface area contributed by atoms with Crippen molar-refractivity contribution >= 4 is 29.3 Å². The fourth-order valence-corrected chi connectivity index (χ4v) is 3.61. The van der Waals surface area contributed by atoms with Crippen LogP contribution in [0.5, 0.6) is 0 Å². The Morgan fingerprint density at radius 2 is 2.29 bits per heavy atom. The Morgan fingerprint density at radius 3 is 3.10 bits per heavy atom. The number of ether oxygens (including phenoxy) is 1. The van der Waals surface area contributed by atoms with E-state index in [9.17, 15) is 9.59 Å². The van der Waals surface area contributed by atoms with Gasteiger partial charge < -0.3 is 15.4 Å². The number of rotatable bonds is 4. The number of nitrogens with one attached hydrogen (secondary N) is 2. The summed E-state index contributed by atoms with van der Waals surface area (Å²) >= 11 is 1.45. The fourth-order valence-electron chi connectivity index (χ4n) is 2.50. The van der Waals surface area contributed by atoms with Gasteiger partial charge in [-0.25, -0.2) is 0 Å². The van der Waals surface area contributed by atoms with Crippen molar-refractivity contribution in [3.8, 4) is 0 Å². The number of hydrogen-bond donors (Lipinski definition) is 2. The predicted octanol–water partition coefficient (Wildman–Crippen LogP) is 1.78. The Labute approximate surface area is 127 Å². The van der Waals surface area contributed by atoms with Gasteiger partial charge in [0.1, 0.15) is 0 Å². The minimum Gasteiger partial charge on any atom is -0.376 e. The highest BCUT2D eigenvalue weighted by molar-refractivity contribution is 8.01. The molecule has 2 aliphatic heterocycles. The van der Waals surface area contributed by atoms with Crippen LogP contribution in [0.25, 0.3) is 0 Å². The molecule has 3 rings (SSSR count). The number of para-hydroxylation sites is 1. The van der Waals surface area contributed by atoms with Gasteiger partial charge >= 0.3 is 0 Å². The van der Waals surface area contributed by atoms with Gasteiger partial charge in [-0.15, -0.1) is 11.8 Å². The molecule has 2 aliphatic rings. The molecule has 1 aromatic carbocycles. The number of benzene rings is 1. The quantitative estimate of drug-likeness (QED) is 0.890. The molecular formula is C15H18N2O3S. The Morgan fingerprint density at radius 1 is 1.43 bits per heavy atom. The number of hydrogen-bond acceptors (Lipinski definition) is 4. The molecule has 1 fully saturated rings. The van der Waals surface area contributed by atoms with Crippen molar-refractivity contribution in [1.82, 2.24) is 5.32 Å². The monoisotopic (exact) mass is 306 g/mol. The van der Waals surface area contributed by atoms with Crippen LogP contribution >= 0.6 is 11.8 Å². The van der Waals surface area contributed by atoms with Crippen LogP contribution in [0.3, 0.4) is 0 Å². The molecule has 2 unspecified atom stereocenters. The summed E-state index contributed by atoms with van der Waals surface area (Å²) in [7, 11) is 0. The van der Waals surface area contributed by atoms with Crippen LogP contribution in [-0.4, -0.2) is 36.3 Å². The number of fused-ring (bicyclic) bond motifs is 1. The SMILES string of the molecule is O=C(CC1Sc2ccccc2NC1=O)NCC1CCCO1. The average molecular weight is 306 g/mol. The highest BCUT2D eigenvalue weighted by Gasteiger charge is 2.29. The van der Waals surface area contributed by atoms with Crippen molar-refractivity contribution < 1.29 is 14.3 Å². The number of amides is 2. The molecule has 6 heteroatoms. The normalized spacial score (nSPS) is 24.3. The second-order valence-corrected chi connectivity index (χ2v) is 6.48. The van der Waals surface area contributed by atoms with E-state index in [0.717, 1.165) is 30.0 Å². The van der Waals surface area contributed by atoms with Crippen molar-refractivity contribution in [1.29, 1.82) is 0 Å². The number of thioether (sulfide) groups is 1. The zero-order chi connectivity index (χ0) is 14.7. The number of carbonyl (C=O) groups is 2. The summed E-state index contributed by atoms with van der Waals surface area (Å²) in [5.41, 5.74) is 0.823. The molecule has 0 bridgehead atoms. The zero-order valence-corrected chi connectivity index (χ0v) is 12.4. The lowest BCUT2D eigenvalue weighted by molar-refractivity contribution is -0.124. The van der Waals surface area contributed by atoms with Gasteiger partial charge in [-0.2, -0.15) is 0 Å². The van der Waals surface area contributed by atoms with Crippen LogP contribution in [0.4, 0.5) is 5.69 Å². The van der Waals surface area contributed by atoms with Crippen molar-refractivity contribution in [2.75, 3.05) is 18.5 Å². The summed E-state index contributed by atoms with van der Waals surface area (Å²) in [5, 5.41) is 5.34. The molecule has 0 saturated carbocycles. The Balaban J connectivity index is 1.52. The maximum absolute atomic E-state index is 12.0. The first-order valence-electron chi connectivity index (χ1n) is 7.17. The first kappa shape index (κ1) is 14.4. The molecule has 0 aromatic heterocycles. The lowest BCUT2D eigenvalue weighted by atomic mass is 10.2. The third-order valence-corrected chi connectivity index (χ3v) is 4.90. The molecular weight excluding hydrogens is 288 g/mol. The van der Waals surface area contributed by atoms with Gasteiger partial charge in [-0.1, -0.05) is 12.1 Å². The molecule has 112 valence electrons. The lowest BCUT2D eigenvalue weighted by Gasteiger charge is -2.23. The molecule has 21 heavy (non-hydrogen) atoms. The molecule has 0 aliphatic carbocycles. The van der Waals surface area contributed by atoms with Crippen LogP contribution in [0.1, 0.15) is 19.3 Å². The molecule has 2 heterocycles. The standard InChI is InChI=1S/C15H18N2O3S/c18-14(16-9-10-4-3-7-20-10)8-13-15(19)17-11-5-1-2-6-12(11)21-13/h1-2,5-6,10,13H,3-4,7-9H2,(H,16,18)(H,17,19). The predicted molar refractivity (Wildman–Crippen MR) is 81.3 cm³/mol. The minimum atomic E-state index is -0.371. The molecule has 2 N–H and O–H groups in total. The third-order valence-electron chi connectivity index (χ3n) is 3.63. The average Bonchev–Trinajstić information content (AvgIpc) is 2.99. The molecule has 1 aromatic rings. The Bertz CT molecular complexity index is 543. The molecule has 5 nitrogen and oxygen atoms in total. The Hall–Kier alpha value is -1.53. The highest BCUT2D eigenvalue weighted by atomic mass is 32.2. The van der Waals surface area contributed by atoms with Gasteiger partial charge in [-0.05, 0) is 25.0 Å². The van der Waals surface area contributed by atoms with Crippen LogP contribution in [-0.2, 0) is 14.3 Å². The van der Waals surface area contributed by atoms with Crippen molar-refractivity contribution in [2.45, 2.75) is 35.5 Å². The van der Waals surface area contributed by atoms with Crippen LogP contribution < -0.4 is 10.6 Å². The van der Waals surface area contributed by atoms with Gasteiger partial charge in [0, 0.05) is 24.5 Å². The second-order valence-electron chi connectivity index (χ2n) is 5.24. The third kappa shape index (κ3) is 3.57. The van der Waals surface area contributed by atoms with E-state index in [1.807, 2.05) is 24.3 Å². The molecule has 0 radical (unpaired) electrons. The van der Waals surface area contributed by atoms with Gasteiger partial charge in [0.15, 0.2) is 0 Å². The fraction of sp³-hybridized carbons (Fsp3) is 0.467. The number of anilines is 1. The van der Waals surface area contributed by atoms with E-state index in [1.165, 1.54) is 11.8 Å². The van der Waals surface area contributed by atoms with Gasteiger partial charge in [0.2, 0.25) is 11.8 Å². The Kier molecular flexibility index (Phi) is 4.45. The van der Waals surface area contributed by atoms with E-state index in [-0.39, 0.29) is 29.6 Å². The molecule has 1 saturated heterocycles. The second kappa shape index (κ2) is 6.49. The van der Waals surface area contributed by atoms with Crippen molar-refractivity contribution in [2.24, 2.45) is 0 Å². The van der Waals surface area contributed by atoms with E-state index in [1.54, 1.807) is 0 Å². The highest BCUT2D eigenvalue weighted by Crippen LogP contribution is 2.36. The summed E-state index contributed by atoms with van der Waals surface area (Å²) in [6.45, 7) is 1.31. The first-order chi connectivity index (χ1) is 10.2. The van der Waals surface area contributed by atoms with Gasteiger partial charge in [0.25, 0.3) is 0 Å². The van der Waals surface area contributed by atoms with Crippen molar-refractivity contribution in [3.63, 3.8) is 0 Å². The smallest absolute Gasteiger partial charge is 0.238 e. The van der Waals surface area contributed by atoms with E-state index in [4.69, 9.17) is 4.74 Å². The van der Waals surface area contributed by atoms with Crippen LogP contribution in [0, 0.1) is 0 Å². The summed E-state index contributed by atoms with van der Waals surface area (Å²) in [5.74, 6) is -0.205. The van der Waals surface area contributed by atoms with Crippen LogP contribution in [0.15, 0.2) is 29.2 Å². The summed E-state index contributed by atoms with van der Waals surface area (Å²) in [6.07, 6.45) is 2.37. The lowest BCUT2D eigenvalue weighted by Crippen LogP contribution is -2.37. The largest absolute Gasteiger partial charge is 0.376 e. The van der Waals surface area contributed by atoms with E-state index < -0.39 is 0 Å². The summed E-state index contributed by atoms with van der Waals surface area (Å²) < 4.78 is 5.46. The van der Waals surface area contributed by atoms with Gasteiger partial charge in [0.05, 0.1) is 17.0 Å². The van der Waals surface area contributed by atoms with E-state index >= 15 is 0 Å². The maximum atomic E-state index is 12.0. The molecule has 2 atom stereocenters. The molecule has 0 spiro atoms. The summed E-state index contributed by atoms with van der Waals surface area (Å²) in [4.78, 5) is 25.0. The van der Waals surface area contributed by atoms with Gasteiger partial charge in [-0.3, -0.25) is 9.59 Å². The molecule has 2 amide bonds. The maximum Gasteiger partial charge on any atom is 0.238 e. The van der Waals surface area contributed by atoms with E-state index in [2.05, 4.69) is 10.6 Å². The zero-order valence-electron chi connectivity index (χ0n) is 11.6. The van der Waals surface area contributed by atoms with Crippen LogP contribution in [0.2, 0.25) is 0 Å². The minimum absolute atomic E-state index is 0.0995. The number of carbonyl (C=O) groups excluding carboxylic acids is 2. The first-order valence-corrected chi connectivity index (χ1v) is 8.05.